The Morgan fingerprint density at radius 1 is 1.24 bits per heavy atom. The van der Waals surface area contributed by atoms with E-state index in [0.29, 0.717) is 16.7 Å². The lowest BCUT2D eigenvalue weighted by molar-refractivity contribution is 1.09. The van der Waals surface area contributed by atoms with Gasteiger partial charge in [0.1, 0.15) is 6.07 Å². The monoisotopic (exact) mass is 244 g/mol. The Kier molecular flexibility index (Phi) is 3.22. The zero-order chi connectivity index (χ0) is 12.3. The fourth-order valence-electron chi connectivity index (χ4n) is 1.34. The molecule has 2 rings (SSSR count). The lowest BCUT2D eigenvalue weighted by Gasteiger charge is -2.06. The summed E-state index contributed by atoms with van der Waals surface area (Å²) in [4.78, 5) is 8.20. The quantitative estimate of drug-likeness (QED) is 0.882. The Hall–Kier alpha value is -2.12. The van der Waals surface area contributed by atoms with Crippen LogP contribution in [0.3, 0.4) is 0 Å². The molecule has 5 heteroatoms. The molecule has 2 aromatic rings. The van der Waals surface area contributed by atoms with Gasteiger partial charge in [0.05, 0.1) is 10.7 Å². The molecular weight excluding hydrogens is 236 g/mol. The lowest BCUT2D eigenvalue weighted by atomic mass is 10.3. The van der Waals surface area contributed by atoms with E-state index in [2.05, 4.69) is 15.3 Å². The maximum atomic E-state index is 8.88. The molecule has 0 fully saturated rings. The minimum absolute atomic E-state index is 0.178. The summed E-state index contributed by atoms with van der Waals surface area (Å²) in [5.41, 5.74) is 1.62. The summed E-state index contributed by atoms with van der Waals surface area (Å²) >= 11 is 5.89. The van der Waals surface area contributed by atoms with Crippen molar-refractivity contribution in [3.63, 3.8) is 0 Å². The molecule has 17 heavy (non-hydrogen) atoms. The minimum Gasteiger partial charge on any atom is -0.324 e. The van der Waals surface area contributed by atoms with Gasteiger partial charge in [-0.05, 0) is 19.1 Å². The Morgan fingerprint density at radius 2 is 1.94 bits per heavy atom. The van der Waals surface area contributed by atoms with E-state index in [0.717, 1.165) is 5.69 Å². The van der Waals surface area contributed by atoms with Gasteiger partial charge in [0.15, 0.2) is 5.69 Å². The molecule has 1 heterocycles. The summed E-state index contributed by atoms with van der Waals surface area (Å²) in [7, 11) is 0. The van der Waals surface area contributed by atoms with Crippen molar-refractivity contribution in [2.45, 2.75) is 6.92 Å². The van der Waals surface area contributed by atoms with E-state index in [1.54, 1.807) is 6.92 Å². The first-order chi connectivity index (χ1) is 8.20. The van der Waals surface area contributed by atoms with Gasteiger partial charge < -0.3 is 5.32 Å². The van der Waals surface area contributed by atoms with Crippen molar-refractivity contribution >= 4 is 23.2 Å². The number of nitrogens with zero attached hydrogens (tertiary/aromatic N) is 3. The van der Waals surface area contributed by atoms with Crippen molar-refractivity contribution in [1.29, 1.82) is 5.26 Å². The minimum atomic E-state index is 0.178. The summed E-state index contributed by atoms with van der Waals surface area (Å²) in [6.45, 7) is 1.74. The van der Waals surface area contributed by atoms with Crippen LogP contribution in [-0.4, -0.2) is 9.97 Å². The van der Waals surface area contributed by atoms with Gasteiger partial charge in [0.25, 0.3) is 0 Å². The number of benzene rings is 1. The van der Waals surface area contributed by atoms with Crippen molar-refractivity contribution < 1.29 is 0 Å². The van der Waals surface area contributed by atoms with Crippen LogP contribution in [0.4, 0.5) is 11.6 Å². The van der Waals surface area contributed by atoms with Crippen LogP contribution in [0.25, 0.3) is 0 Å². The fourth-order valence-corrected chi connectivity index (χ4v) is 1.47. The molecule has 0 unspecified atom stereocenters. The van der Waals surface area contributed by atoms with Crippen LogP contribution in [0.5, 0.6) is 0 Å². The van der Waals surface area contributed by atoms with Gasteiger partial charge >= 0.3 is 0 Å². The Labute approximate surface area is 104 Å². The fraction of sp³-hybridized carbons (Fsp3) is 0.0833. The van der Waals surface area contributed by atoms with Crippen molar-refractivity contribution in [2.24, 2.45) is 0 Å². The van der Waals surface area contributed by atoms with E-state index in [1.165, 1.54) is 0 Å². The van der Waals surface area contributed by atoms with Crippen molar-refractivity contribution in [3.8, 4) is 6.07 Å². The average molecular weight is 245 g/mol. The summed E-state index contributed by atoms with van der Waals surface area (Å²) < 4.78 is 0. The predicted octanol–water partition coefficient (Wildman–Crippen LogP) is 3.05. The number of aryl methyl sites for hydroxylation is 1. The zero-order valence-electron chi connectivity index (χ0n) is 9.11. The second-order valence-electron chi connectivity index (χ2n) is 3.40. The molecule has 1 aromatic carbocycles. The number of anilines is 2. The van der Waals surface area contributed by atoms with E-state index < -0.39 is 0 Å². The maximum Gasteiger partial charge on any atom is 0.228 e. The molecule has 0 spiro atoms. The number of aromatic nitrogens is 2. The van der Waals surface area contributed by atoms with Crippen LogP contribution in [0.1, 0.15) is 11.4 Å². The molecule has 0 amide bonds. The molecule has 1 N–H and O–H groups in total. The summed E-state index contributed by atoms with van der Waals surface area (Å²) in [5.74, 6) is 0.370. The van der Waals surface area contributed by atoms with E-state index >= 15 is 0 Å². The van der Waals surface area contributed by atoms with Gasteiger partial charge in [0.2, 0.25) is 5.95 Å². The SMILES string of the molecule is Cc1nc(Nc2ccccc2)nc(C#N)c1Cl. The molecule has 0 aliphatic rings. The molecular formula is C12H9ClN4. The van der Waals surface area contributed by atoms with E-state index in [-0.39, 0.29) is 5.69 Å². The number of halogens is 1. The van der Waals surface area contributed by atoms with Gasteiger partial charge in [-0.3, -0.25) is 0 Å². The lowest BCUT2D eigenvalue weighted by Crippen LogP contribution is -2.01. The zero-order valence-corrected chi connectivity index (χ0v) is 9.86. The second kappa shape index (κ2) is 4.81. The van der Waals surface area contributed by atoms with Crippen LogP contribution in [0, 0.1) is 18.3 Å². The number of hydrogen-bond acceptors (Lipinski definition) is 4. The third-order valence-electron chi connectivity index (χ3n) is 2.15. The predicted molar refractivity (Wildman–Crippen MR) is 66.2 cm³/mol. The third kappa shape index (κ3) is 2.52. The van der Waals surface area contributed by atoms with Gasteiger partial charge in [-0.25, -0.2) is 9.97 Å². The van der Waals surface area contributed by atoms with Crippen molar-refractivity contribution in [1.82, 2.24) is 9.97 Å². The smallest absolute Gasteiger partial charge is 0.228 e. The number of hydrogen-bond donors (Lipinski definition) is 1. The largest absolute Gasteiger partial charge is 0.324 e. The summed E-state index contributed by atoms with van der Waals surface area (Å²) in [5, 5.41) is 12.2. The van der Waals surface area contributed by atoms with Crippen LogP contribution in [0.15, 0.2) is 30.3 Å². The highest BCUT2D eigenvalue weighted by atomic mass is 35.5. The molecule has 4 nitrogen and oxygen atoms in total. The molecule has 0 radical (unpaired) electrons. The molecule has 84 valence electrons. The first kappa shape index (κ1) is 11.4. The molecule has 0 aliphatic heterocycles. The number of para-hydroxylation sites is 1. The van der Waals surface area contributed by atoms with Gasteiger partial charge in [0, 0.05) is 5.69 Å². The van der Waals surface area contributed by atoms with Gasteiger partial charge in [-0.15, -0.1) is 0 Å². The maximum absolute atomic E-state index is 8.88. The second-order valence-corrected chi connectivity index (χ2v) is 3.78. The molecule has 0 aliphatic carbocycles. The first-order valence-corrected chi connectivity index (χ1v) is 5.35. The van der Waals surface area contributed by atoms with Crippen LogP contribution < -0.4 is 5.32 Å². The molecule has 0 atom stereocenters. The Morgan fingerprint density at radius 3 is 2.59 bits per heavy atom. The van der Waals surface area contributed by atoms with Crippen LogP contribution in [-0.2, 0) is 0 Å². The standard InChI is InChI=1S/C12H9ClN4/c1-8-11(13)10(7-14)17-12(15-8)16-9-5-3-2-4-6-9/h2-6H,1H3,(H,15,16,17). The third-order valence-corrected chi connectivity index (χ3v) is 2.61. The highest BCUT2D eigenvalue weighted by Gasteiger charge is 2.09. The van der Waals surface area contributed by atoms with E-state index in [4.69, 9.17) is 16.9 Å². The van der Waals surface area contributed by atoms with Gasteiger partial charge in [-0.2, -0.15) is 5.26 Å². The van der Waals surface area contributed by atoms with Crippen LogP contribution >= 0.6 is 11.6 Å². The van der Waals surface area contributed by atoms with Crippen molar-refractivity contribution in [2.75, 3.05) is 5.32 Å². The molecule has 0 bridgehead atoms. The van der Waals surface area contributed by atoms with Crippen LogP contribution in [0.2, 0.25) is 5.02 Å². The normalized spacial score (nSPS) is 9.71. The van der Waals surface area contributed by atoms with E-state index in [9.17, 15) is 0 Å². The highest BCUT2D eigenvalue weighted by Crippen LogP contribution is 2.20. The Balaban J connectivity index is 2.35. The van der Waals surface area contributed by atoms with Gasteiger partial charge in [-0.1, -0.05) is 29.8 Å². The highest BCUT2D eigenvalue weighted by molar-refractivity contribution is 6.32. The molecule has 0 saturated carbocycles. The Bertz CT molecular complexity index is 575. The topological polar surface area (TPSA) is 61.6 Å². The van der Waals surface area contributed by atoms with E-state index in [1.807, 2.05) is 36.4 Å². The number of nitrogens with one attached hydrogen (secondary N) is 1. The molecule has 0 saturated heterocycles. The first-order valence-electron chi connectivity index (χ1n) is 4.97. The summed E-state index contributed by atoms with van der Waals surface area (Å²) in [6, 6.07) is 11.4. The number of nitriles is 1. The average Bonchev–Trinajstić information content (AvgIpc) is 2.35. The van der Waals surface area contributed by atoms with Crippen molar-refractivity contribution in [3.05, 3.63) is 46.7 Å². The molecule has 1 aromatic heterocycles. The summed E-state index contributed by atoms with van der Waals surface area (Å²) in [6.07, 6.45) is 0. The number of rotatable bonds is 2.